The molecular formula is C9H7F3O3. The first-order valence-corrected chi connectivity index (χ1v) is 4.40. The predicted octanol–water partition coefficient (Wildman–Crippen LogP) is 1.44. The van der Waals surface area contributed by atoms with E-state index in [2.05, 4.69) is 4.74 Å². The van der Waals surface area contributed by atoms with Crippen LogP contribution < -0.4 is 0 Å². The molecule has 0 aromatic rings. The number of allylic oxidation sites excluding steroid dienone is 1. The van der Waals surface area contributed by atoms with E-state index in [9.17, 15) is 22.8 Å². The van der Waals surface area contributed by atoms with Gasteiger partial charge >= 0.3 is 18.1 Å². The zero-order valence-electron chi connectivity index (χ0n) is 7.45. The average molecular weight is 220 g/mol. The van der Waals surface area contributed by atoms with E-state index in [4.69, 9.17) is 0 Å². The number of carbonyl (C=O) groups is 2. The first-order valence-electron chi connectivity index (χ1n) is 4.40. The largest absolute Gasteiger partial charge is 0.395 e. The van der Waals surface area contributed by atoms with Gasteiger partial charge in [0.2, 0.25) is 0 Å². The zero-order valence-corrected chi connectivity index (χ0v) is 7.45. The summed E-state index contributed by atoms with van der Waals surface area (Å²) >= 11 is 0. The molecule has 0 N–H and O–H groups in total. The maximum atomic E-state index is 12.3. The summed E-state index contributed by atoms with van der Waals surface area (Å²) in [7, 11) is 0. The summed E-state index contributed by atoms with van der Waals surface area (Å²) in [5.41, 5.74) is 0. The third-order valence-corrected chi connectivity index (χ3v) is 2.69. The van der Waals surface area contributed by atoms with Crippen molar-refractivity contribution in [1.29, 1.82) is 0 Å². The smallest absolute Gasteiger partial charge is 0.392 e. The molecule has 3 nitrogen and oxygen atoms in total. The molecule has 1 aliphatic carbocycles. The van der Waals surface area contributed by atoms with Crippen LogP contribution in [0.1, 0.15) is 6.42 Å². The van der Waals surface area contributed by atoms with Crippen LogP contribution >= 0.6 is 0 Å². The van der Waals surface area contributed by atoms with Crippen LogP contribution in [-0.4, -0.2) is 18.1 Å². The molecule has 3 atom stereocenters. The van der Waals surface area contributed by atoms with E-state index in [1.54, 1.807) is 0 Å². The number of alkyl halides is 3. The second-order valence-corrected chi connectivity index (χ2v) is 3.64. The Balaban J connectivity index is 2.23. The normalized spacial score (nSPS) is 35.3. The monoisotopic (exact) mass is 220 g/mol. The lowest BCUT2D eigenvalue weighted by Crippen LogP contribution is -2.31. The van der Waals surface area contributed by atoms with Crippen LogP contribution in [0.15, 0.2) is 12.2 Å². The van der Waals surface area contributed by atoms with Gasteiger partial charge in [0.25, 0.3) is 0 Å². The van der Waals surface area contributed by atoms with Crippen molar-refractivity contribution < 1.29 is 27.5 Å². The molecule has 1 fully saturated rings. The molecule has 0 spiro atoms. The summed E-state index contributed by atoms with van der Waals surface area (Å²) in [6.07, 6.45) is -2.71. The summed E-state index contributed by atoms with van der Waals surface area (Å²) in [4.78, 5) is 22.0. The molecule has 0 aromatic carbocycles. The highest BCUT2D eigenvalue weighted by Gasteiger charge is 2.50. The summed E-state index contributed by atoms with van der Waals surface area (Å²) in [6.45, 7) is 0. The lowest BCUT2D eigenvalue weighted by Gasteiger charge is -2.24. The van der Waals surface area contributed by atoms with Gasteiger partial charge in [-0.2, -0.15) is 13.2 Å². The zero-order chi connectivity index (χ0) is 11.2. The van der Waals surface area contributed by atoms with Crippen LogP contribution in [-0.2, 0) is 14.3 Å². The van der Waals surface area contributed by atoms with Crippen molar-refractivity contribution in [1.82, 2.24) is 0 Å². The number of fused-ring (bicyclic) bond motifs is 1. The molecule has 6 heteroatoms. The van der Waals surface area contributed by atoms with Crippen molar-refractivity contribution in [2.24, 2.45) is 17.8 Å². The number of hydrogen-bond acceptors (Lipinski definition) is 3. The Bertz CT molecular complexity index is 345. The van der Waals surface area contributed by atoms with E-state index in [1.807, 2.05) is 0 Å². The molecule has 2 rings (SSSR count). The summed E-state index contributed by atoms with van der Waals surface area (Å²) in [5.74, 6) is -5.03. The number of carbonyl (C=O) groups excluding carboxylic acids is 2. The molecule has 0 bridgehead atoms. The Morgan fingerprint density at radius 3 is 2.47 bits per heavy atom. The second kappa shape index (κ2) is 3.08. The third kappa shape index (κ3) is 1.64. The molecular weight excluding hydrogens is 213 g/mol. The van der Waals surface area contributed by atoms with E-state index in [1.165, 1.54) is 0 Å². The van der Waals surface area contributed by atoms with E-state index < -0.39 is 42.3 Å². The van der Waals surface area contributed by atoms with Crippen molar-refractivity contribution in [2.45, 2.75) is 12.6 Å². The minimum Gasteiger partial charge on any atom is -0.392 e. The van der Waals surface area contributed by atoms with Gasteiger partial charge in [-0.05, 0) is 6.42 Å². The number of cyclic esters (lactones) is 2. The van der Waals surface area contributed by atoms with Crippen LogP contribution in [0.5, 0.6) is 0 Å². The second-order valence-electron chi connectivity index (χ2n) is 3.64. The van der Waals surface area contributed by atoms with Crippen LogP contribution in [0.2, 0.25) is 0 Å². The predicted molar refractivity (Wildman–Crippen MR) is 41.4 cm³/mol. The van der Waals surface area contributed by atoms with Gasteiger partial charge in [-0.15, -0.1) is 0 Å². The van der Waals surface area contributed by atoms with Gasteiger partial charge in [0.1, 0.15) is 0 Å². The van der Waals surface area contributed by atoms with Gasteiger partial charge in [-0.3, -0.25) is 9.59 Å². The van der Waals surface area contributed by atoms with E-state index in [0.717, 1.165) is 12.2 Å². The quantitative estimate of drug-likeness (QED) is 0.352. The SMILES string of the molecule is O=C1OC(=O)C2CC(C(F)(F)F)C=CC12. The van der Waals surface area contributed by atoms with Crippen molar-refractivity contribution >= 4 is 11.9 Å². The topological polar surface area (TPSA) is 43.4 Å². The van der Waals surface area contributed by atoms with Crippen LogP contribution in [0, 0.1) is 17.8 Å². The molecule has 3 unspecified atom stereocenters. The summed E-state index contributed by atoms with van der Waals surface area (Å²) in [6, 6.07) is 0. The fourth-order valence-electron chi connectivity index (χ4n) is 1.86. The molecule has 1 aliphatic heterocycles. The fourth-order valence-corrected chi connectivity index (χ4v) is 1.86. The molecule has 1 heterocycles. The lowest BCUT2D eigenvalue weighted by atomic mass is 9.80. The van der Waals surface area contributed by atoms with E-state index in [0.29, 0.717) is 0 Å². The number of esters is 2. The minimum absolute atomic E-state index is 0.394. The molecule has 2 aliphatic rings. The molecule has 82 valence electrons. The highest BCUT2D eigenvalue weighted by atomic mass is 19.4. The minimum atomic E-state index is -4.37. The van der Waals surface area contributed by atoms with Gasteiger partial charge in [-0.1, -0.05) is 12.2 Å². The van der Waals surface area contributed by atoms with Crippen molar-refractivity contribution in [3.8, 4) is 0 Å². The number of rotatable bonds is 0. The van der Waals surface area contributed by atoms with Crippen molar-refractivity contribution in [2.75, 3.05) is 0 Å². The van der Waals surface area contributed by atoms with Crippen LogP contribution in [0.4, 0.5) is 13.2 Å². The average Bonchev–Trinajstić information content (AvgIpc) is 2.41. The number of hydrogen-bond donors (Lipinski definition) is 0. The van der Waals surface area contributed by atoms with E-state index in [-0.39, 0.29) is 0 Å². The number of halogens is 3. The molecule has 1 saturated heterocycles. The highest BCUT2D eigenvalue weighted by Crippen LogP contribution is 2.41. The fraction of sp³-hybridized carbons (Fsp3) is 0.556. The maximum absolute atomic E-state index is 12.3. The summed E-state index contributed by atoms with van der Waals surface area (Å²) in [5, 5.41) is 0. The first kappa shape index (κ1) is 10.2. The molecule has 15 heavy (non-hydrogen) atoms. The number of ether oxygens (including phenoxy) is 1. The Labute approximate surface area is 82.9 Å². The van der Waals surface area contributed by atoms with Gasteiger partial charge in [0.05, 0.1) is 17.8 Å². The Kier molecular flexibility index (Phi) is 2.09. The molecule has 0 radical (unpaired) electrons. The Morgan fingerprint density at radius 2 is 1.87 bits per heavy atom. The third-order valence-electron chi connectivity index (χ3n) is 2.69. The Hall–Kier alpha value is -1.33. The molecule has 0 aromatic heterocycles. The van der Waals surface area contributed by atoms with Crippen LogP contribution in [0.3, 0.4) is 0 Å². The van der Waals surface area contributed by atoms with Gasteiger partial charge < -0.3 is 4.74 Å². The van der Waals surface area contributed by atoms with Gasteiger partial charge in [0.15, 0.2) is 0 Å². The first-order chi connectivity index (χ1) is 6.89. The van der Waals surface area contributed by atoms with Gasteiger partial charge in [0, 0.05) is 0 Å². The standard InChI is InChI=1S/C9H7F3O3/c10-9(11,12)4-1-2-5-6(3-4)8(14)15-7(5)13/h1-2,4-6H,3H2. The van der Waals surface area contributed by atoms with Crippen molar-refractivity contribution in [3.63, 3.8) is 0 Å². The molecule has 0 amide bonds. The summed E-state index contributed by atoms with van der Waals surface area (Å²) < 4.78 is 41.3. The highest BCUT2D eigenvalue weighted by molar-refractivity contribution is 5.97. The molecule has 0 saturated carbocycles. The maximum Gasteiger partial charge on any atom is 0.395 e. The van der Waals surface area contributed by atoms with Crippen LogP contribution in [0.25, 0.3) is 0 Å². The van der Waals surface area contributed by atoms with Gasteiger partial charge in [-0.25, -0.2) is 0 Å². The van der Waals surface area contributed by atoms with E-state index >= 15 is 0 Å². The van der Waals surface area contributed by atoms with Crippen molar-refractivity contribution in [3.05, 3.63) is 12.2 Å². The lowest BCUT2D eigenvalue weighted by molar-refractivity contribution is -0.168. The Morgan fingerprint density at radius 1 is 1.20 bits per heavy atom.